The van der Waals surface area contributed by atoms with Crippen LogP contribution in [0.15, 0.2) is 122 Å². The second kappa shape index (κ2) is 15.7. The first-order chi connectivity index (χ1) is 24.9. The molecule has 4 aromatic carbocycles. The number of nitrogens with zero attached hydrogens (tertiary/aromatic N) is 3. The number of hydrogen-bond acceptors (Lipinski definition) is 3. The summed E-state index contributed by atoms with van der Waals surface area (Å²) in [6, 6.07) is 40.1. The molecule has 0 saturated carbocycles. The summed E-state index contributed by atoms with van der Waals surface area (Å²) in [5.74, 6) is 0. The molecule has 46 heavy (non-hydrogen) atoms. The largest absolute Gasteiger partial charge is 0.305 e. The van der Waals surface area contributed by atoms with E-state index in [0.717, 1.165) is 11.3 Å². The Kier molecular flexibility index (Phi) is 8.44. The molecule has 2 heterocycles. The number of nitriles is 1. The molecule has 2 aromatic heterocycles. The third-order valence-electron chi connectivity index (χ3n) is 7.06. The van der Waals surface area contributed by atoms with E-state index in [1.54, 1.807) is 60.7 Å². The van der Waals surface area contributed by atoms with Gasteiger partial charge < -0.3 is 9.97 Å². The van der Waals surface area contributed by atoms with Crippen molar-refractivity contribution in [3.63, 3.8) is 0 Å². The Hall–Kier alpha value is -4.46. The third-order valence-corrected chi connectivity index (χ3v) is 9.07. The van der Waals surface area contributed by atoms with Gasteiger partial charge >= 0.3 is 0 Å². The fourth-order valence-electron chi connectivity index (χ4n) is 4.68. The average molecular weight is 800 g/mol. The van der Waals surface area contributed by atoms with E-state index in [1.807, 2.05) is 30.5 Å². The van der Waals surface area contributed by atoms with E-state index in [4.69, 9.17) is 16.2 Å². The molecule has 1 radical (unpaired) electrons. The minimum atomic E-state index is -2.50. The molecular weight excluding hydrogens is 755 g/mol. The van der Waals surface area contributed by atoms with Crippen LogP contribution in [0.25, 0.3) is 33.6 Å². The van der Waals surface area contributed by atoms with E-state index in [1.165, 1.54) is 34.6 Å². The molecule has 231 valence electrons. The van der Waals surface area contributed by atoms with Gasteiger partial charge in [-0.05, 0) is 63.2 Å². The molecule has 0 aliphatic carbocycles. The van der Waals surface area contributed by atoms with Crippen molar-refractivity contribution in [2.75, 3.05) is 0 Å². The van der Waals surface area contributed by atoms with Gasteiger partial charge in [-0.1, -0.05) is 99.3 Å². The second-order valence-corrected chi connectivity index (χ2v) is 16.5. The number of benzene rings is 4. The Bertz CT molecular complexity index is 2210. The van der Waals surface area contributed by atoms with Crippen molar-refractivity contribution in [1.29, 1.82) is 5.26 Å². The van der Waals surface area contributed by atoms with Crippen molar-refractivity contribution in [3.8, 4) is 39.7 Å². The average Bonchev–Trinajstić information content (AvgIpc) is 3.14. The first-order valence-corrected chi connectivity index (χ1v) is 18.0. The molecule has 0 N–H and O–H groups in total. The monoisotopic (exact) mass is 800 g/mol. The van der Waals surface area contributed by atoms with Crippen LogP contribution in [-0.4, -0.2) is 18.0 Å². The van der Waals surface area contributed by atoms with Crippen molar-refractivity contribution in [3.05, 3.63) is 162 Å². The Morgan fingerprint density at radius 3 is 2.02 bits per heavy atom. The summed E-state index contributed by atoms with van der Waals surface area (Å²) in [6.45, 7) is 2.32. The van der Waals surface area contributed by atoms with Gasteiger partial charge in [0.25, 0.3) is 0 Å². The van der Waals surface area contributed by atoms with E-state index >= 15 is 0 Å². The third kappa shape index (κ3) is 8.83. The second-order valence-electron chi connectivity index (χ2n) is 11.4. The molecule has 3 nitrogen and oxygen atoms in total. The van der Waals surface area contributed by atoms with Crippen LogP contribution < -0.4 is 5.19 Å². The number of hydrogen-bond donors (Lipinski definition) is 0. The summed E-state index contributed by atoms with van der Waals surface area (Å²) >= 11 is 0. The number of rotatable bonds is 6. The van der Waals surface area contributed by atoms with E-state index in [0.29, 0.717) is 27.9 Å². The first-order valence-electron chi connectivity index (χ1n) is 18.5. The molecule has 6 aromatic rings. The minimum Gasteiger partial charge on any atom is -0.305 e. The van der Waals surface area contributed by atoms with Crippen LogP contribution in [0.3, 0.4) is 0 Å². The maximum Gasteiger partial charge on any atom is 0.0803 e. The zero-order valence-corrected chi connectivity index (χ0v) is 29.1. The van der Waals surface area contributed by atoms with Crippen LogP contribution >= 0.6 is 0 Å². The van der Waals surface area contributed by atoms with Gasteiger partial charge in [0.05, 0.1) is 8.07 Å². The molecule has 0 bridgehead atoms. The van der Waals surface area contributed by atoms with Gasteiger partial charge in [-0.15, -0.1) is 65.2 Å². The van der Waals surface area contributed by atoms with Gasteiger partial charge in [0.1, 0.15) is 0 Å². The molecule has 0 saturated heterocycles. The van der Waals surface area contributed by atoms with Gasteiger partial charge in [-0.2, -0.15) is 0 Å². The van der Waals surface area contributed by atoms with Crippen LogP contribution in [0, 0.1) is 37.2 Å². The molecule has 0 fully saturated rings. The van der Waals surface area contributed by atoms with Crippen LogP contribution in [0.1, 0.15) is 38.8 Å². The van der Waals surface area contributed by atoms with E-state index in [9.17, 15) is 0 Å². The summed E-state index contributed by atoms with van der Waals surface area (Å²) in [7, 11) is -1.57. The van der Waals surface area contributed by atoms with Crippen molar-refractivity contribution >= 4 is 13.3 Å². The topological polar surface area (TPSA) is 49.6 Å². The summed E-state index contributed by atoms with van der Waals surface area (Å²) in [5.41, 5.74) is 5.93. The van der Waals surface area contributed by atoms with Crippen LogP contribution in [0.2, 0.25) is 19.6 Å². The fourth-order valence-corrected chi connectivity index (χ4v) is 6.15. The van der Waals surface area contributed by atoms with E-state index < -0.39 is 28.2 Å². The van der Waals surface area contributed by atoms with Gasteiger partial charge in [0.2, 0.25) is 0 Å². The minimum absolute atomic E-state index is 0. The maximum atomic E-state index is 8.90. The smallest absolute Gasteiger partial charge is 0.0803 e. The SMILES string of the molecule is [2H]C([2H])([2H])c1c[c-]c(-c2cc(-c3ccccc3)c([Si](C)(C)C)cn2)cc1.[2H]C([2H])([2H])c1cnc(-c2[c-]cc(C#N)cc2)cc1C([2H])([2H])c1ccccc1.[Ir]. The molecule has 6 rings (SSSR count). The molecule has 0 amide bonds. The zero-order valence-electron chi connectivity index (χ0n) is 33.7. The Morgan fingerprint density at radius 1 is 0.783 bits per heavy atom. The van der Waals surface area contributed by atoms with Crippen molar-refractivity contribution in [2.45, 2.75) is 39.7 Å². The van der Waals surface area contributed by atoms with Gasteiger partial charge in [-0.3, -0.25) is 0 Å². The Labute approximate surface area is 299 Å². The van der Waals surface area contributed by atoms with Gasteiger partial charge in [-0.25, -0.2) is 5.26 Å². The number of aromatic nitrogens is 2. The molecule has 0 aliphatic rings. The fraction of sp³-hybridized carbons (Fsp3) is 0.146. The van der Waals surface area contributed by atoms with Crippen LogP contribution in [0.5, 0.6) is 0 Å². The Morgan fingerprint density at radius 2 is 1.43 bits per heavy atom. The number of aryl methyl sites for hydroxylation is 2. The molecule has 0 spiro atoms. The van der Waals surface area contributed by atoms with Gasteiger partial charge in [0.15, 0.2) is 0 Å². The predicted molar refractivity (Wildman–Crippen MR) is 189 cm³/mol. The summed E-state index contributed by atoms with van der Waals surface area (Å²) in [4.78, 5) is 8.85. The quantitative estimate of drug-likeness (QED) is 0.125. The van der Waals surface area contributed by atoms with Gasteiger partial charge in [0, 0.05) is 49.5 Å². The van der Waals surface area contributed by atoms with Crippen LogP contribution in [0.4, 0.5) is 0 Å². The van der Waals surface area contributed by atoms with E-state index in [2.05, 4.69) is 59.9 Å². The standard InChI is InChI=1S/C21H22NSi.C20H15N2.Ir/c1-16-10-12-18(13-11-16)20-14-19(17-8-6-5-7-9-17)21(15-22-20)23(2,3)4;1-15-14-22-20(18-9-7-17(13-21)8-10-18)12-19(15)11-16-5-3-2-4-6-16;/h5-12,14-15H,1-4H3;2-9,12,14H,11H2,1H3;/q2*-1;/i1D3;1D3,11D2;. The first kappa shape index (κ1) is 24.7. The zero-order chi connectivity index (χ0) is 38.6. The van der Waals surface area contributed by atoms with Crippen molar-refractivity contribution in [2.24, 2.45) is 0 Å². The van der Waals surface area contributed by atoms with Crippen molar-refractivity contribution < 1.29 is 31.1 Å². The number of pyridine rings is 2. The van der Waals surface area contributed by atoms with Crippen LogP contribution in [-0.2, 0) is 26.5 Å². The van der Waals surface area contributed by atoms with E-state index in [-0.39, 0.29) is 31.2 Å². The maximum absolute atomic E-state index is 8.90. The summed E-state index contributed by atoms with van der Waals surface area (Å²) in [5, 5.41) is 10.2. The predicted octanol–water partition coefficient (Wildman–Crippen LogP) is 9.39. The molecule has 0 aliphatic heterocycles. The summed E-state index contributed by atoms with van der Waals surface area (Å²) in [6.07, 6.45) is 1.16. The molecular formula is C41H37IrN3Si-2. The summed E-state index contributed by atoms with van der Waals surface area (Å²) < 4.78 is 63.0. The molecule has 5 heteroatoms. The molecule has 0 unspecified atom stereocenters. The Balaban J connectivity index is 0.000000236. The molecule has 0 atom stereocenters. The normalized spacial score (nSPS) is 14.0. The van der Waals surface area contributed by atoms with Crippen molar-refractivity contribution in [1.82, 2.24) is 9.97 Å².